The van der Waals surface area contributed by atoms with E-state index in [4.69, 9.17) is 32.8 Å². The molecule has 9 heteroatoms. The number of aliphatic hydroxyl groups is 1. The maximum Gasteiger partial charge on any atom is 0.192 e. The first-order valence-electron chi connectivity index (χ1n) is 11.6. The Morgan fingerprint density at radius 1 is 0.903 bits per heavy atom. The van der Waals surface area contributed by atoms with Crippen molar-refractivity contribution in [1.82, 2.24) is 0 Å². The van der Waals surface area contributed by atoms with Gasteiger partial charge in [-0.2, -0.15) is 0 Å². The van der Waals surface area contributed by atoms with Crippen molar-refractivity contribution in [2.24, 2.45) is 0 Å². The monoisotopic (exact) mass is 466 g/mol. The number of aliphatic hydroxyl groups excluding tert-OH is 1. The SMILES string of the molecule is CC(C)(C)[Si](C)(C)OCCOCCOCCOCCO[C@@H](CO)COC1CCCCO1. The Kier molecular flexibility index (Phi) is 15.4. The van der Waals surface area contributed by atoms with Crippen LogP contribution in [0.15, 0.2) is 0 Å². The molecular weight excluding hydrogens is 420 g/mol. The highest BCUT2D eigenvalue weighted by Gasteiger charge is 2.36. The fourth-order valence-electron chi connectivity index (χ4n) is 2.60. The zero-order chi connectivity index (χ0) is 23.0. The summed E-state index contributed by atoms with van der Waals surface area (Å²) in [5.74, 6) is 0. The summed E-state index contributed by atoms with van der Waals surface area (Å²) in [4.78, 5) is 0. The van der Waals surface area contributed by atoms with Crippen LogP contribution in [-0.4, -0.2) is 98.5 Å². The van der Waals surface area contributed by atoms with E-state index in [9.17, 15) is 5.11 Å². The van der Waals surface area contributed by atoms with E-state index in [0.29, 0.717) is 59.5 Å². The van der Waals surface area contributed by atoms with Gasteiger partial charge in [0.25, 0.3) is 0 Å². The molecule has 1 N–H and O–H groups in total. The van der Waals surface area contributed by atoms with Crippen LogP contribution in [0.1, 0.15) is 40.0 Å². The molecule has 1 unspecified atom stereocenters. The maximum absolute atomic E-state index is 9.38. The highest BCUT2D eigenvalue weighted by molar-refractivity contribution is 6.74. The lowest BCUT2D eigenvalue weighted by atomic mass is 10.2. The molecular formula is C22H46O8Si. The van der Waals surface area contributed by atoms with E-state index in [1.807, 2.05) is 0 Å². The molecule has 0 aliphatic carbocycles. The van der Waals surface area contributed by atoms with Gasteiger partial charge in [-0.05, 0) is 37.4 Å². The van der Waals surface area contributed by atoms with Crippen molar-refractivity contribution >= 4 is 8.32 Å². The second kappa shape index (κ2) is 16.5. The van der Waals surface area contributed by atoms with Crippen LogP contribution in [0.2, 0.25) is 18.1 Å². The minimum absolute atomic E-state index is 0.0865. The molecule has 1 aliphatic heterocycles. The van der Waals surface area contributed by atoms with Crippen LogP contribution < -0.4 is 0 Å². The van der Waals surface area contributed by atoms with Crippen LogP contribution in [-0.2, 0) is 32.8 Å². The van der Waals surface area contributed by atoms with E-state index < -0.39 is 8.32 Å². The third-order valence-electron chi connectivity index (χ3n) is 5.63. The lowest BCUT2D eigenvalue weighted by Gasteiger charge is -2.36. The smallest absolute Gasteiger partial charge is 0.192 e. The summed E-state index contributed by atoms with van der Waals surface area (Å²) in [5.41, 5.74) is 0. The van der Waals surface area contributed by atoms with Gasteiger partial charge >= 0.3 is 0 Å². The molecule has 0 aromatic heterocycles. The standard InChI is InChI=1S/C22H46O8Si/c1-22(2,3)31(4,5)30-17-15-26-13-11-24-10-12-25-14-16-27-20(18-23)19-29-21-8-6-7-9-28-21/h20-21,23H,6-19H2,1-5H3/t20-,21?/m0/s1. The normalized spacial score (nSPS) is 19.0. The van der Waals surface area contributed by atoms with Crippen LogP contribution in [0.3, 0.4) is 0 Å². The van der Waals surface area contributed by atoms with Gasteiger partial charge in [0.1, 0.15) is 6.10 Å². The molecule has 1 heterocycles. The first-order valence-corrected chi connectivity index (χ1v) is 14.5. The molecule has 2 atom stereocenters. The molecule has 0 bridgehead atoms. The first kappa shape index (κ1) is 28.9. The van der Waals surface area contributed by atoms with E-state index in [1.165, 1.54) is 0 Å². The van der Waals surface area contributed by atoms with Crippen molar-refractivity contribution in [2.45, 2.75) is 70.6 Å². The maximum atomic E-state index is 9.38. The minimum atomic E-state index is -1.69. The highest BCUT2D eigenvalue weighted by Crippen LogP contribution is 2.36. The number of hydrogen-bond acceptors (Lipinski definition) is 8. The summed E-state index contributed by atoms with van der Waals surface area (Å²) < 4.78 is 39.3. The topological polar surface area (TPSA) is 84.8 Å². The summed E-state index contributed by atoms with van der Waals surface area (Å²) in [6.07, 6.45) is 2.57. The van der Waals surface area contributed by atoms with Crippen LogP contribution in [0.4, 0.5) is 0 Å². The van der Waals surface area contributed by atoms with Crippen molar-refractivity contribution < 1.29 is 38.0 Å². The molecule has 1 fully saturated rings. The van der Waals surface area contributed by atoms with Gasteiger partial charge in [-0.25, -0.2) is 0 Å². The second-order valence-corrected chi connectivity index (χ2v) is 14.1. The highest BCUT2D eigenvalue weighted by atomic mass is 28.4. The summed E-state index contributed by atoms with van der Waals surface area (Å²) >= 11 is 0. The first-order chi connectivity index (χ1) is 14.8. The van der Waals surface area contributed by atoms with Crippen molar-refractivity contribution in [3.63, 3.8) is 0 Å². The predicted octanol–water partition coefficient (Wildman–Crippen LogP) is 2.98. The Hall–Kier alpha value is -0.103. The van der Waals surface area contributed by atoms with E-state index in [-0.39, 0.29) is 24.0 Å². The van der Waals surface area contributed by atoms with E-state index >= 15 is 0 Å². The Balaban J connectivity index is 1.86. The van der Waals surface area contributed by atoms with Crippen LogP contribution >= 0.6 is 0 Å². The van der Waals surface area contributed by atoms with Gasteiger partial charge in [0.05, 0.1) is 66.1 Å². The molecule has 1 rings (SSSR count). The van der Waals surface area contributed by atoms with Gasteiger partial charge in [-0.3, -0.25) is 0 Å². The predicted molar refractivity (Wildman–Crippen MR) is 122 cm³/mol. The number of ether oxygens (including phenoxy) is 6. The summed E-state index contributed by atoms with van der Waals surface area (Å²) in [6.45, 7) is 16.3. The van der Waals surface area contributed by atoms with Gasteiger partial charge in [0, 0.05) is 6.61 Å². The van der Waals surface area contributed by atoms with Gasteiger partial charge in [-0.1, -0.05) is 20.8 Å². The molecule has 0 aromatic carbocycles. The van der Waals surface area contributed by atoms with Crippen LogP contribution in [0.5, 0.6) is 0 Å². The van der Waals surface area contributed by atoms with Crippen LogP contribution in [0, 0.1) is 0 Å². The Morgan fingerprint density at radius 3 is 2.00 bits per heavy atom. The molecule has 186 valence electrons. The second-order valence-electron chi connectivity index (χ2n) is 9.25. The Morgan fingerprint density at radius 2 is 1.48 bits per heavy atom. The molecule has 8 nitrogen and oxygen atoms in total. The quantitative estimate of drug-likeness (QED) is 0.244. The van der Waals surface area contributed by atoms with Crippen molar-refractivity contribution in [1.29, 1.82) is 0 Å². The molecule has 0 aromatic rings. The Bertz CT molecular complexity index is 424. The van der Waals surface area contributed by atoms with E-state index in [1.54, 1.807) is 0 Å². The zero-order valence-corrected chi connectivity index (χ0v) is 21.4. The fourth-order valence-corrected chi connectivity index (χ4v) is 3.63. The Labute approximate surface area is 189 Å². The summed E-state index contributed by atoms with van der Waals surface area (Å²) in [5, 5.41) is 9.60. The summed E-state index contributed by atoms with van der Waals surface area (Å²) in [6, 6.07) is 0. The molecule has 0 saturated carbocycles. The number of rotatable bonds is 18. The molecule has 0 spiro atoms. The third kappa shape index (κ3) is 13.9. The van der Waals surface area contributed by atoms with E-state index in [2.05, 4.69) is 33.9 Å². The number of hydrogen-bond donors (Lipinski definition) is 1. The molecule has 31 heavy (non-hydrogen) atoms. The zero-order valence-electron chi connectivity index (χ0n) is 20.4. The van der Waals surface area contributed by atoms with Gasteiger partial charge in [-0.15, -0.1) is 0 Å². The molecule has 1 aliphatic rings. The molecule has 0 amide bonds. The molecule has 1 saturated heterocycles. The minimum Gasteiger partial charge on any atom is -0.414 e. The van der Waals surface area contributed by atoms with Gasteiger partial charge in [0.15, 0.2) is 14.6 Å². The average Bonchev–Trinajstić information content (AvgIpc) is 2.73. The fraction of sp³-hybridized carbons (Fsp3) is 1.00. The van der Waals surface area contributed by atoms with Crippen molar-refractivity contribution in [2.75, 3.05) is 72.7 Å². The average molecular weight is 467 g/mol. The van der Waals surface area contributed by atoms with Crippen molar-refractivity contribution in [3.05, 3.63) is 0 Å². The van der Waals surface area contributed by atoms with Gasteiger partial charge in [0.2, 0.25) is 0 Å². The third-order valence-corrected chi connectivity index (χ3v) is 10.2. The van der Waals surface area contributed by atoms with E-state index in [0.717, 1.165) is 25.9 Å². The largest absolute Gasteiger partial charge is 0.414 e. The summed E-state index contributed by atoms with van der Waals surface area (Å²) in [7, 11) is -1.69. The lowest BCUT2D eigenvalue weighted by molar-refractivity contribution is -0.184. The van der Waals surface area contributed by atoms with Gasteiger partial charge < -0.3 is 38.0 Å². The van der Waals surface area contributed by atoms with Crippen molar-refractivity contribution in [3.8, 4) is 0 Å². The molecule has 0 radical (unpaired) electrons. The van der Waals surface area contributed by atoms with Crippen LogP contribution in [0.25, 0.3) is 0 Å². The lowest BCUT2D eigenvalue weighted by Crippen LogP contribution is -2.41.